The van der Waals surface area contributed by atoms with Crippen molar-refractivity contribution in [3.05, 3.63) is 71.8 Å². The highest BCUT2D eigenvalue weighted by atomic mass is 16.7. The van der Waals surface area contributed by atoms with Gasteiger partial charge in [0.15, 0.2) is 0 Å². The number of nitrogens with zero attached hydrogens (tertiary/aromatic N) is 1. The normalized spacial score (nSPS) is 13.7. The number of nitrogens with one attached hydrogen (secondary N) is 3. The molecule has 3 rings (SSSR count). The molecule has 3 N–H and O–H groups in total. The summed E-state index contributed by atoms with van der Waals surface area (Å²) in [6.45, 7) is 7.44. The van der Waals surface area contributed by atoms with Crippen molar-refractivity contribution in [2.24, 2.45) is 5.92 Å². The molecule has 2 atom stereocenters. The number of carbonyl (C=O) groups is 6. The first-order valence-electron chi connectivity index (χ1n) is 15.4. The number of amides is 5. The van der Waals surface area contributed by atoms with Gasteiger partial charge in [0.05, 0.1) is 0 Å². The second-order valence-corrected chi connectivity index (χ2v) is 11.3. The minimum Gasteiger partial charge on any atom is -0.429 e. The van der Waals surface area contributed by atoms with Crippen LogP contribution in [0.3, 0.4) is 0 Å². The van der Waals surface area contributed by atoms with Crippen LogP contribution in [-0.4, -0.2) is 59.2 Å². The number of rotatable bonds is 16. The highest BCUT2D eigenvalue weighted by molar-refractivity contribution is 6.12. The summed E-state index contributed by atoms with van der Waals surface area (Å²) in [6.07, 6.45) is 4.45. The zero-order chi connectivity index (χ0) is 33.6. The van der Waals surface area contributed by atoms with E-state index in [1.165, 1.54) is 12.2 Å². The van der Waals surface area contributed by atoms with Crippen LogP contribution in [0, 0.1) is 5.92 Å². The molecule has 0 bridgehead atoms. The Labute approximate surface area is 268 Å². The van der Waals surface area contributed by atoms with Crippen LogP contribution in [0.15, 0.2) is 60.7 Å². The quantitative estimate of drug-likeness (QED) is 0.108. The fourth-order valence-electron chi connectivity index (χ4n) is 4.53. The van der Waals surface area contributed by atoms with Crippen molar-refractivity contribution in [1.29, 1.82) is 0 Å². The van der Waals surface area contributed by atoms with Crippen molar-refractivity contribution in [2.75, 3.05) is 11.9 Å². The molecule has 5 amide bonds. The molecule has 2 unspecified atom stereocenters. The van der Waals surface area contributed by atoms with Crippen LogP contribution in [0.2, 0.25) is 0 Å². The Morgan fingerprint density at radius 3 is 2.02 bits per heavy atom. The minimum absolute atomic E-state index is 0.0206. The predicted octanol–water partition coefficient (Wildman–Crippen LogP) is 4.03. The zero-order valence-corrected chi connectivity index (χ0v) is 26.7. The van der Waals surface area contributed by atoms with E-state index in [9.17, 15) is 28.8 Å². The number of hydrogen-bond donors (Lipinski definition) is 3. The Hall–Kier alpha value is -5.00. The molecular weight excluding hydrogens is 592 g/mol. The van der Waals surface area contributed by atoms with Crippen LogP contribution in [0.5, 0.6) is 5.75 Å². The lowest BCUT2D eigenvalue weighted by Gasteiger charge is -2.24. The average Bonchev–Trinajstić information content (AvgIpc) is 3.35. The minimum atomic E-state index is -0.889. The molecule has 12 heteroatoms. The van der Waals surface area contributed by atoms with E-state index >= 15 is 0 Å². The summed E-state index contributed by atoms with van der Waals surface area (Å²) in [5, 5.41) is 8.14. The third kappa shape index (κ3) is 11.2. The molecule has 0 saturated carbocycles. The predicted molar refractivity (Wildman–Crippen MR) is 170 cm³/mol. The van der Waals surface area contributed by atoms with E-state index in [-0.39, 0.29) is 36.7 Å². The Bertz CT molecular complexity index is 1400. The summed E-state index contributed by atoms with van der Waals surface area (Å²) in [5.74, 6) is -1.73. The summed E-state index contributed by atoms with van der Waals surface area (Å²) in [5.41, 5.74) is 2.29. The Morgan fingerprint density at radius 1 is 0.783 bits per heavy atom. The maximum absolute atomic E-state index is 13.0. The second-order valence-electron chi connectivity index (χ2n) is 11.3. The maximum atomic E-state index is 13.0. The van der Waals surface area contributed by atoms with E-state index in [0.717, 1.165) is 16.9 Å². The van der Waals surface area contributed by atoms with E-state index in [2.05, 4.69) is 16.0 Å². The molecule has 1 aliphatic rings. The summed E-state index contributed by atoms with van der Waals surface area (Å²) in [7, 11) is 0. The van der Waals surface area contributed by atoms with Crippen LogP contribution < -0.4 is 20.7 Å². The molecule has 0 aromatic heterocycles. The first-order chi connectivity index (χ1) is 22.0. The number of ether oxygens (including phenoxy) is 2. The van der Waals surface area contributed by atoms with Crippen LogP contribution >= 0.6 is 0 Å². The summed E-state index contributed by atoms with van der Waals surface area (Å²) in [4.78, 5) is 74.6. The molecule has 46 heavy (non-hydrogen) atoms. The van der Waals surface area contributed by atoms with Crippen molar-refractivity contribution in [3.63, 3.8) is 0 Å². The smallest absolute Gasteiger partial charge is 0.429 e. The van der Waals surface area contributed by atoms with E-state index < -0.39 is 30.1 Å². The molecule has 0 spiro atoms. The number of imide groups is 1. The van der Waals surface area contributed by atoms with E-state index in [0.29, 0.717) is 42.8 Å². The number of anilines is 1. The molecule has 0 saturated heterocycles. The van der Waals surface area contributed by atoms with Gasteiger partial charge >= 0.3 is 6.16 Å². The highest BCUT2D eigenvalue weighted by Gasteiger charge is 2.27. The molecular formula is C34H42N4O8. The number of unbranched alkanes of at least 4 members (excludes halogenated alkanes) is 2. The number of hydrogen-bond acceptors (Lipinski definition) is 8. The topological polar surface area (TPSA) is 160 Å². The van der Waals surface area contributed by atoms with Gasteiger partial charge in [0.1, 0.15) is 24.4 Å². The van der Waals surface area contributed by atoms with Crippen LogP contribution in [0.25, 0.3) is 0 Å². The van der Waals surface area contributed by atoms with Crippen molar-refractivity contribution in [2.45, 2.75) is 78.5 Å². The third-order valence-corrected chi connectivity index (χ3v) is 7.31. The van der Waals surface area contributed by atoms with Gasteiger partial charge in [0.2, 0.25) is 17.7 Å². The molecule has 12 nitrogen and oxygen atoms in total. The van der Waals surface area contributed by atoms with E-state index in [4.69, 9.17) is 9.47 Å². The lowest BCUT2D eigenvalue weighted by Crippen LogP contribution is -2.53. The number of carbonyl (C=O) groups excluding carboxylic acids is 6. The molecule has 1 heterocycles. The fourth-order valence-corrected chi connectivity index (χ4v) is 4.53. The zero-order valence-electron chi connectivity index (χ0n) is 26.7. The second kappa shape index (κ2) is 17.5. The van der Waals surface area contributed by atoms with Gasteiger partial charge in [-0.1, -0.05) is 51.5 Å². The summed E-state index contributed by atoms with van der Waals surface area (Å²) >= 11 is 0. The molecule has 2 aromatic rings. The first kappa shape index (κ1) is 35.5. The van der Waals surface area contributed by atoms with Gasteiger partial charge < -0.3 is 25.4 Å². The van der Waals surface area contributed by atoms with Gasteiger partial charge in [0.25, 0.3) is 11.8 Å². The van der Waals surface area contributed by atoms with Crippen molar-refractivity contribution in [1.82, 2.24) is 15.5 Å². The van der Waals surface area contributed by atoms with Crippen molar-refractivity contribution < 1.29 is 38.2 Å². The monoisotopic (exact) mass is 634 g/mol. The van der Waals surface area contributed by atoms with Gasteiger partial charge in [-0.25, -0.2) is 4.79 Å². The Balaban J connectivity index is 1.37. The van der Waals surface area contributed by atoms with Gasteiger partial charge in [-0.05, 0) is 67.5 Å². The molecule has 0 fully saturated rings. The maximum Gasteiger partial charge on any atom is 0.514 e. The van der Waals surface area contributed by atoms with E-state index in [1.807, 2.05) is 19.1 Å². The van der Waals surface area contributed by atoms with Gasteiger partial charge in [-0.2, -0.15) is 0 Å². The molecule has 246 valence electrons. The number of aryl methyl sites for hydroxylation is 1. The number of benzene rings is 2. The van der Waals surface area contributed by atoms with Gasteiger partial charge in [0, 0.05) is 30.8 Å². The molecule has 1 aliphatic heterocycles. The van der Waals surface area contributed by atoms with Gasteiger partial charge in [-0.3, -0.25) is 28.9 Å². The Morgan fingerprint density at radius 2 is 1.41 bits per heavy atom. The molecule has 0 radical (unpaired) electrons. The van der Waals surface area contributed by atoms with Crippen molar-refractivity contribution in [3.8, 4) is 5.75 Å². The van der Waals surface area contributed by atoms with Crippen LogP contribution in [0.1, 0.15) is 64.5 Å². The average molecular weight is 635 g/mol. The van der Waals surface area contributed by atoms with Crippen LogP contribution in [0.4, 0.5) is 10.5 Å². The summed E-state index contributed by atoms with van der Waals surface area (Å²) < 4.78 is 10.3. The standard InChI is InChI=1S/C34H42N4O8/c1-5-24-12-16-27(17-13-24)46-34(44)45-21-25-10-14-26(15-11-25)36-32(42)23(4)35-33(43)31(22(2)3)37-28(39)9-7-6-8-20-38-29(40)18-19-30(38)41/h10-19,22-23,31H,5-9,20-21H2,1-4H3,(H,35,43)(H,36,42)(H,37,39). The van der Waals surface area contributed by atoms with E-state index in [1.54, 1.807) is 57.2 Å². The fraction of sp³-hybridized carbons (Fsp3) is 0.412. The largest absolute Gasteiger partial charge is 0.514 e. The molecule has 0 aliphatic carbocycles. The lowest BCUT2D eigenvalue weighted by atomic mass is 10.0. The first-order valence-corrected chi connectivity index (χ1v) is 15.4. The third-order valence-electron chi connectivity index (χ3n) is 7.31. The summed E-state index contributed by atoms with van der Waals surface area (Å²) in [6, 6.07) is 12.1. The van der Waals surface area contributed by atoms with Crippen LogP contribution in [-0.2, 0) is 41.7 Å². The van der Waals surface area contributed by atoms with Gasteiger partial charge in [-0.15, -0.1) is 0 Å². The molecule has 2 aromatic carbocycles. The Kier molecular flexibility index (Phi) is 13.5. The SMILES string of the molecule is CCc1ccc(OC(=O)OCc2ccc(NC(=O)C(C)NC(=O)C(NC(=O)CCCCCN3C(=O)C=CC3=O)C(C)C)cc2)cc1. The van der Waals surface area contributed by atoms with Crippen molar-refractivity contribution >= 4 is 41.4 Å². The highest BCUT2D eigenvalue weighted by Crippen LogP contribution is 2.15. The lowest BCUT2D eigenvalue weighted by molar-refractivity contribution is -0.137.